The van der Waals surface area contributed by atoms with E-state index in [2.05, 4.69) is 22.3 Å². The van der Waals surface area contributed by atoms with Gasteiger partial charge in [-0.2, -0.15) is 0 Å². The van der Waals surface area contributed by atoms with Gasteiger partial charge in [-0.05, 0) is 31.4 Å². The van der Waals surface area contributed by atoms with Crippen molar-refractivity contribution in [2.45, 2.75) is 30.9 Å². The summed E-state index contributed by atoms with van der Waals surface area (Å²) in [6, 6.07) is 8.29. The van der Waals surface area contributed by atoms with Crippen LogP contribution in [0.5, 0.6) is 0 Å². The molecule has 0 aromatic heterocycles. The molecular formula is C14H16N2O. The minimum absolute atomic E-state index is 0.147. The zero-order chi connectivity index (χ0) is 11.7. The first kappa shape index (κ1) is 10.8. The van der Waals surface area contributed by atoms with E-state index in [1.165, 1.54) is 12.0 Å². The van der Waals surface area contributed by atoms with Crippen molar-refractivity contribution in [2.75, 3.05) is 13.2 Å². The largest absolute Gasteiger partial charge is 0.375 e. The number of ether oxygens (including phenoxy) is 1. The Morgan fingerprint density at radius 1 is 1.29 bits per heavy atom. The predicted octanol–water partition coefficient (Wildman–Crippen LogP) is 2.82. The highest BCUT2D eigenvalue weighted by Crippen LogP contribution is 2.41. The SMILES string of the molecule is [C-]#[N+]c1ccc(C2CC3(CCN2)CCO3)cc1. The molecule has 3 rings (SSSR count). The van der Waals surface area contributed by atoms with Crippen LogP contribution in [-0.4, -0.2) is 18.8 Å². The number of piperidine rings is 1. The van der Waals surface area contributed by atoms with Crippen LogP contribution in [0.2, 0.25) is 0 Å². The van der Waals surface area contributed by atoms with Crippen molar-refractivity contribution in [1.29, 1.82) is 0 Å². The molecule has 2 fully saturated rings. The molecule has 2 heterocycles. The summed E-state index contributed by atoms with van der Waals surface area (Å²) in [4.78, 5) is 3.42. The zero-order valence-corrected chi connectivity index (χ0v) is 9.78. The number of hydrogen-bond acceptors (Lipinski definition) is 2. The highest BCUT2D eigenvalue weighted by Gasteiger charge is 2.42. The summed E-state index contributed by atoms with van der Waals surface area (Å²) in [6.07, 6.45) is 3.39. The molecule has 0 amide bonds. The van der Waals surface area contributed by atoms with Gasteiger partial charge in [0.15, 0.2) is 5.69 Å². The summed E-state index contributed by atoms with van der Waals surface area (Å²) in [7, 11) is 0. The number of hydrogen-bond donors (Lipinski definition) is 1. The standard InChI is InChI=1S/C14H16N2O/c1-15-12-4-2-11(3-5-12)13-10-14(6-8-16-13)7-9-17-14/h2-5,13,16H,6-10H2. The van der Waals surface area contributed by atoms with Gasteiger partial charge in [-0.3, -0.25) is 0 Å². The van der Waals surface area contributed by atoms with Crippen molar-refractivity contribution in [3.63, 3.8) is 0 Å². The van der Waals surface area contributed by atoms with Crippen molar-refractivity contribution in [1.82, 2.24) is 5.32 Å². The lowest BCUT2D eigenvalue weighted by Crippen LogP contribution is -2.52. The molecular weight excluding hydrogens is 212 g/mol. The first-order valence-electron chi connectivity index (χ1n) is 6.16. The molecule has 1 N–H and O–H groups in total. The van der Waals surface area contributed by atoms with E-state index in [9.17, 15) is 0 Å². The fraction of sp³-hybridized carbons (Fsp3) is 0.500. The molecule has 2 atom stereocenters. The molecule has 17 heavy (non-hydrogen) atoms. The molecule has 2 aliphatic rings. The van der Waals surface area contributed by atoms with E-state index in [-0.39, 0.29) is 5.60 Å². The lowest BCUT2D eigenvalue weighted by molar-refractivity contribution is -0.168. The second-order valence-electron chi connectivity index (χ2n) is 4.95. The van der Waals surface area contributed by atoms with Crippen LogP contribution >= 0.6 is 0 Å². The number of benzene rings is 1. The Balaban J connectivity index is 1.76. The van der Waals surface area contributed by atoms with Gasteiger partial charge in [0.25, 0.3) is 0 Å². The Morgan fingerprint density at radius 3 is 2.65 bits per heavy atom. The number of nitrogens with zero attached hydrogens (tertiary/aromatic N) is 1. The van der Waals surface area contributed by atoms with Crippen molar-refractivity contribution in [3.05, 3.63) is 41.2 Å². The molecule has 0 radical (unpaired) electrons. The Bertz CT molecular complexity index is 442. The molecule has 2 aliphatic heterocycles. The smallest absolute Gasteiger partial charge is 0.187 e. The predicted molar refractivity (Wildman–Crippen MR) is 66.0 cm³/mol. The van der Waals surface area contributed by atoms with Crippen LogP contribution in [0.25, 0.3) is 4.85 Å². The highest BCUT2D eigenvalue weighted by atomic mass is 16.5. The lowest BCUT2D eigenvalue weighted by Gasteiger charge is -2.47. The highest BCUT2D eigenvalue weighted by molar-refractivity contribution is 5.46. The van der Waals surface area contributed by atoms with Crippen LogP contribution in [0.1, 0.15) is 30.9 Å². The second kappa shape index (κ2) is 4.14. The van der Waals surface area contributed by atoms with E-state index >= 15 is 0 Å². The van der Waals surface area contributed by atoms with E-state index in [0.717, 1.165) is 26.0 Å². The van der Waals surface area contributed by atoms with E-state index in [4.69, 9.17) is 11.3 Å². The van der Waals surface area contributed by atoms with Crippen molar-refractivity contribution < 1.29 is 4.74 Å². The second-order valence-corrected chi connectivity index (χ2v) is 4.95. The lowest BCUT2D eigenvalue weighted by atomic mass is 9.80. The molecule has 0 bridgehead atoms. The summed E-state index contributed by atoms with van der Waals surface area (Å²) in [6.45, 7) is 8.89. The van der Waals surface area contributed by atoms with Crippen LogP contribution < -0.4 is 5.32 Å². The van der Waals surface area contributed by atoms with Crippen molar-refractivity contribution >= 4 is 5.69 Å². The first-order chi connectivity index (χ1) is 8.31. The van der Waals surface area contributed by atoms with Gasteiger partial charge in [0.05, 0.1) is 18.8 Å². The summed E-state index contributed by atoms with van der Waals surface area (Å²) in [5.74, 6) is 0. The van der Waals surface area contributed by atoms with Gasteiger partial charge >= 0.3 is 0 Å². The first-order valence-corrected chi connectivity index (χ1v) is 6.16. The summed E-state index contributed by atoms with van der Waals surface area (Å²) < 4.78 is 5.77. The van der Waals surface area contributed by atoms with Crippen LogP contribution in [0, 0.1) is 6.57 Å². The molecule has 1 spiro atoms. The molecule has 0 saturated carbocycles. The normalized spacial score (nSPS) is 31.8. The Hall–Kier alpha value is -1.37. The van der Waals surface area contributed by atoms with E-state index in [1.807, 2.05) is 12.1 Å². The minimum Gasteiger partial charge on any atom is -0.375 e. The van der Waals surface area contributed by atoms with Gasteiger partial charge in [0.2, 0.25) is 0 Å². The van der Waals surface area contributed by atoms with E-state index in [0.29, 0.717) is 11.7 Å². The minimum atomic E-state index is 0.147. The van der Waals surface area contributed by atoms with Crippen molar-refractivity contribution in [3.8, 4) is 0 Å². The Morgan fingerprint density at radius 2 is 2.06 bits per heavy atom. The topological polar surface area (TPSA) is 25.6 Å². The molecule has 88 valence electrons. The van der Waals surface area contributed by atoms with Gasteiger partial charge in [0.1, 0.15) is 0 Å². The maximum atomic E-state index is 6.95. The van der Waals surface area contributed by atoms with Crippen LogP contribution in [-0.2, 0) is 4.74 Å². The van der Waals surface area contributed by atoms with Crippen LogP contribution in [0.3, 0.4) is 0 Å². The van der Waals surface area contributed by atoms with Gasteiger partial charge in [0, 0.05) is 6.04 Å². The fourth-order valence-electron chi connectivity index (χ4n) is 2.79. The maximum absolute atomic E-state index is 6.95. The average molecular weight is 228 g/mol. The third-order valence-corrected chi connectivity index (χ3v) is 3.94. The molecule has 2 unspecified atom stereocenters. The Labute approximate surface area is 102 Å². The van der Waals surface area contributed by atoms with Gasteiger partial charge in [-0.15, -0.1) is 0 Å². The molecule has 0 aliphatic carbocycles. The van der Waals surface area contributed by atoms with Crippen LogP contribution in [0.4, 0.5) is 5.69 Å². The number of rotatable bonds is 1. The summed E-state index contributed by atoms with van der Waals surface area (Å²) >= 11 is 0. The van der Waals surface area contributed by atoms with E-state index < -0.39 is 0 Å². The molecule has 2 saturated heterocycles. The number of nitrogens with one attached hydrogen (secondary N) is 1. The van der Waals surface area contributed by atoms with Crippen LogP contribution in [0.15, 0.2) is 24.3 Å². The van der Waals surface area contributed by atoms with Gasteiger partial charge in [-0.25, -0.2) is 4.85 Å². The Kier molecular flexibility index (Phi) is 2.62. The van der Waals surface area contributed by atoms with Gasteiger partial charge in [-0.1, -0.05) is 24.3 Å². The average Bonchev–Trinajstić information content (AvgIpc) is 2.37. The monoisotopic (exact) mass is 228 g/mol. The summed E-state index contributed by atoms with van der Waals surface area (Å²) in [5, 5.41) is 3.54. The summed E-state index contributed by atoms with van der Waals surface area (Å²) in [5.41, 5.74) is 2.13. The molecule has 3 nitrogen and oxygen atoms in total. The molecule has 1 aromatic carbocycles. The fourth-order valence-corrected chi connectivity index (χ4v) is 2.79. The zero-order valence-electron chi connectivity index (χ0n) is 9.78. The molecule has 3 heteroatoms. The van der Waals surface area contributed by atoms with E-state index in [1.54, 1.807) is 0 Å². The van der Waals surface area contributed by atoms with Gasteiger partial charge < -0.3 is 10.1 Å². The quantitative estimate of drug-likeness (QED) is 0.748. The third kappa shape index (κ3) is 1.95. The van der Waals surface area contributed by atoms with Crippen molar-refractivity contribution in [2.24, 2.45) is 0 Å². The third-order valence-electron chi connectivity index (χ3n) is 3.94. The maximum Gasteiger partial charge on any atom is 0.187 e. The molecule has 1 aromatic rings.